The molecule has 260 valence electrons. The molecule has 2 aromatic heterocycles. The van der Waals surface area contributed by atoms with Gasteiger partial charge in [-0.15, -0.1) is 0 Å². The number of nitro groups is 1. The van der Waals surface area contributed by atoms with Crippen LogP contribution in [-0.2, 0) is 16.1 Å². The van der Waals surface area contributed by atoms with E-state index in [1.54, 1.807) is 18.0 Å². The number of amides is 3. The molecule has 0 spiro atoms. The number of rotatable bonds is 10. The zero-order valence-electron chi connectivity index (χ0n) is 26.9. The number of hydrogen-bond donors (Lipinski definition) is 3. The van der Waals surface area contributed by atoms with Crippen molar-refractivity contribution in [2.45, 2.75) is 57.5 Å². The molecule has 2 saturated heterocycles. The maximum absolute atomic E-state index is 13.9. The molecule has 0 radical (unpaired) electrons. The van der Waals surface area contributed by atoms with Crippen LogP contribution in [0.15, 0.2) is 53.4 Å². The second kappa shape index (κ2) is 15.2. The molecule has 0 aliphatic carbocycles. The third kappa shape index (κ3) is 8.28. The molecule has 2 aliphatic heterocycles. The zero-order chi connectivity index (χ0) is 35.4. The lowest BCUT2D eigenvalue weighted by molar-refractivity contribution is -0.384. The van der Waals surface area contributed by atoms with Gasteiger partial charge in [-0.05, 0) is 50.1 Å². The topological polar surface area (TPSA) is 172 Å². The number of nitrogens with one attached hydrogen (secondary N) is 3. The van der Waals surface area contributed by atoms with Crippen LogP contribution in [0.5, 0.6) is 0 Å². The van der Waals surface area contributed by atoms with Crippen molar-refractivity contribution in [3.05, 3.63) is 85.9 Å². The molecule has 2 aliphatic rings. The summed E-state index contributed by atoms with van der Waals surface area (Å²) in [4.78, 5) is 63.7. The summed E-state index contributed by atoms with van der Waals surface area (Å²) in [5.74, 6) is -1.52. The Morgan fingerprint density at radius 1 is 1.10 bits per heavy atom. The number of carbonyl (C=O) groups is 3. The second-order valence-electron chi connectivity index (χ2n) is 11.9. The molecule has 0 unspecified atom stereocenters. The van der Waals surface area contributed by atoms with Gasteiger partial charge in [0, 0.05) is 68.4 Å². The lowest BCUT2D eigenvalue weighted by Gasteiger charge is -2.35. The van der Waals surface area contributed by atoms with Crippen LogP contribution in [0.4, 0.5) is 25.8 Å². The number of nitrogens with zero attached hydrogens (tertiary/aromatic N) is 5. The van der Waals surface area contributed by atoms with Gasteiger partial charge in [0.05, 0.1) is 33.9 Å². The molecule has 49 heavy (non-hydrogen) atoms. The highest BCUT2D eigenvalue weighted by Gasteiger charge is 2.41. The summed E-state index contributed by atoms with van der Waals surface area (Å²) in [5.41, 5.74) is 0.348. The summed E-state index contributed by atoms with van der Waals surface area (Å²) >= 11 is 3.30. The number of halogens is 3. The predicted molar refractivity (Wildman–Crippen MR) is 178 cm³/mol. The first-order chi connectivity index (χ1) is 23.3. The average Bonchev–Trinajstić information content (AvgIpc) is 3.50. The molecule has 2 fully saturated rings. The van der Waals surface area contributed by atoms with Gasteiger partial charge < -0.3 is 30.5 Å². The lowest BCUT2D eigenvalue weighted by atomic mass is 10.1. The van der Waals surface area contributed by atoms with Crippen LogP contribution < -0.4 is 16.0 Å². The third-order valence-corrected chi connectivity index (χ3v) is 8.70. The molecule has 4 heterocycles. The number of alkyl halides is 2. The molecule has 3 N–H and O–H groups in total. The predicted octanol–water partition coefficient (Wildman–Crippen LogP) is 4.39. The standard InChI is InChI=1S/C32H35BrF2N8O6/c1-17-14-41(15-18(2)49-17)32(46)24-8-21(33)9-26(43(47)48)28(24)40-23-10-27(30(44)39-11-19-4-5-38-25(6-19)29(34)35)42(16-23)31(45)20-7-22(36-3)13-37-12-20/h4-9,12-13,17-18,23,27,29,36,40H,10-11,14-16H2,1-3H3,(H,39,44)/t17-,18+,23-,27+/m1/s1. The molecular formula is C32H35BrF2N8O6. The van der Waals surface area contributed by atoms with E-state index >= 15 is 0 Å². The summed E-state index contributed by atoms with van der Waals surface area (Å²) in [6, 6.07) is 5.27. The first-order valence-electron chi connectivity index (χ1n) is 15.5. The number of carbonyl (C=O) groups excluding carboxylic acids is 3. The van der Waals surface area contributed by atoms with Gasteiger partial charge >= 0.3 is 0 Å². The van der Waals surface area contributed by atoms with Crippen LogP contribution in [0.25, 0.3) is 0 Å². The van der Waals surface area contributed by atoms with Gasteiger partial charge in [-0.25, -0.2) is 8.78 Å². The minimum atomic E-state index is -2.79. The van der Waals surface area contributed by atoms with Crippen LogP contribution in [0.2, 0.25) is 0 Å². The molecule has 3 amide bonds. The van der Waals surface area contributed by atoms with E-state index < -0.39 is 46.8 Å². The minimum Gasteiger partial charge on any atom is -0.387 e. The maximum Gasteiger partial charge on any atom is 0.294 e. The summed E-state index contributed by atoms with van der Waals surface area (Å²) in [6.45, 7) is 4.07. The first kappa shape index (κ1) is 35.5. The van der Waals surface area contributed by atoms with Crippen LogP contribution in [0.1, 0.15) is 58.7 Å². The fourth-order valence-corrected chi connectivity index (χ4v) is 6.52. The zero-order valence-corrected chi connectivity index (χ0v) is 28.4. The third-order valence-electron chi connectivity index (χ3n) is 8.24. The molecule has 17 heteroatoms. The van der Waals surface area contributed by atoms with E-state index in [1.165, 1.54) is 47.8 Å². The Hall–Kier alpha value is -4.77. The van der Waals surface area contributed by atoms with E-state index in [4.69, 9.17) is 4.74 Å². The number of hydrogen-bond acceptors (Lipinski definition) is 10. The van der Waals surface area contributed by atoms with E-state index in [0.717, 1.165) is 0 Å². The minimum absolute atomic E-state index is 0.0157. The number of likely N-dealkylation sites (tertiary alicyclic amines) is 1. The maximum atomic E-state index is 13.9. The molecular weight excluding hydrogens is 710 g/mol. The number of benzene rings is 1. The van der Waals surface area contributed by atoms with E-state index in [1.807, 2.05) is 13.8 Å². The smallest absolute Gasteiger partial charge is 0.294 e. The summed E-state index contributed by atoms with van der Waals surface area (Å²) in [5, 5.41) is 21.1. The Bertz CT molecular complexity index is 1740. The number of anilines is 2. The number of nitro benzene ring substituents is 1. The van der Waals surface area contributed by atoms with Gasteiger partial charge in [0.2, 0.25) is 5.91 Å². The van der Waals surface area contributed by atoms with Crippen molar-refractivity contribution in [3.63, 3.8) is 0 Å². The molecule has 3 aromatic rings. The van der Waals surface area contributed by atoms with Crippen molar-refractivity contribution in [3.8, 4) is 0 Å². The number of pyridine rings is 2. The number of aromatic nitrogens is 2. The SMILES string of the molecule is CNc1cncc(C(=O)N2C[C@H](Nc3c(C(=O)N4C[C@@H](C)O[C@@H](C)C4)cc(Br)cc3[N+](=O)[O-])C[C@H]2C(=O)NCc2ccnc(C(F)F)c2)c1. The highest BCUT2D eigenvalue weighted by molar-refractivity contribution is 9.10. The fraction of sp³-hybridized carbons (Fsp3) is 0.406. The molecule has 0 bridgehead atoms. The van der Waals surface area contributed by atoms with Crippen LogP contribution in [-0.4, -0.2) is 93.4 Å². The lowest BCUT2D eigenvalue weighted by Crippen LogP contribution is -2.48. The van der Waals surface area contributed by atoms with Gasteiger partial charge in [-0.3, -0.25) is 34.5 Å². The highest BCUT2D eigenvalue weighted by atomic mass is 79.9. The van der Waals surface area contributed by atoms with Gasteiger partial charge in [0.25, 0.3) is 23.9 Å². The average molecular weight is 746 g/mol. The van der Waals surface area contributed by atoms with Crippen LogP contribution in [0.3, 0.4) is 0 Å². The van der Waals surface area contributed by atoms with Crippen molar-refractivity contribution in [2.75, 3.05) is 37.3 Å². The molecule has 5 rings (SSSR count). The molecule has 1 aromatic carbocycles. The van der Waals surface area contributed by atoms with Crippen molar-refractivity contribution in [2.24, 2.45) is 0 Å². The number of ether oxygens (including phenoxy) is 1. The molecule has 0 saturated carbocycles. The fourth-order valence-electron chi connectivity index (χ4n) is 6.08. The van der Waals surface area contributed by atoms with Gasteiger partial charge in [0.15, 0.2) is 0 Å². The van der Waals surface area contributed by atoms with Crippen molar-refractivity contribution < 1.29 is 32.8 Å². The van der Waals surface area contributed by atoms with Crippen LogP contribution in [0, 0.1) is 10.1 Å². The Balaban J connectivity index is 1.45. The summed E-state index contributed by atoms with van der Waals surface area (Å²) < 4.78 is 32.5. The quantitative estimate of drug-likeness (QED) is 0.200. The molecule has 4 atom stereocenters. The normalized spacial score (nSPS) is 20.6. The highest BCUT2D eigenvalue weighted by Crippen LogP contribution is 2.36. The van der Waals surface area contributed by atoms with Gasteiger partial charge in [-0.1, -0.05) is 15.9 Å². The van der Waals surface area contributed by atoms with Gasteiger partial charge in [-0.2, -0.15) is 0 Å². The second-order valence-corrected chi connectivity index (χ2v) is 12.9. The van der Waals surface area contributed by atoms with Crippen molar-refractivity contribution in [1.82, 2.24) is 25.1 Å². The summed E-state index contributed by atoms with van der Waals surface area (Å²) in [6.07, 6.45) is 0.846. The Morgan fingerprint density at radius 2 is 1.84 bits per heavy atom. The van der Waals surface area contributed by atoms with E-state index in [2.05, 4.69) is 41.8 Å². The largest absolute Gasteiger partial charge is 0.387 e. The monoisotopic (exact) mass is 744 g/mol. The summed E-state index contributed by atoms with van der Waals surface area (Å²) in [7, 11) is 1.66. The van der Waals surface area contributed by atoms with Crippen molar-refractivity contribution >= 4 is 50.7 Å². The molecule has 14 nitrogen and oxygen atoms in total. The van der Waals surface area contributed by atoms with Crippen LogP contribution >= 0.6 is 15.9 Å². The Kier molecular flexibility index (Phi) is 11.0. The van der Waals surface area contributed by atoms with E-state index in [9.17, 15) is 33.3 Å². The van der Waals surface area contributed by atoms with E-state index in [-0.39, 0.29) is 67.3 Å². The van der Waals surface area contributed by atoms with E-state index in [0.29, 0.717) is 15.7 Å². The number of morpholine rings is 1. The first-order valence-corrected chi connectivity index (χ1v) is 16.3. The van der Waals surface area contributed by atoms with Crippen molar-refractivity contribution in [1.29, 1.82) is 0 Å². The Morgan fingerprint density at radius 3 is 2.51 bits per heavy atom. The van der Waals surface area contributed by atoms with Gasteiger partial charge in [0.1, 0.15) is 17.4 Å². The Labute approximate surface area is 288 Å².